The van der Waals surface area contributed by atoms with Gasteiger partial charge in [0.15, 0.2) is 0 Å². The highest BCUT2D eigenvalue weighted by atomic mass is 31.1. The SMILES string of the molecule is C=C1/C=C\C=C/CCc2ccc(P(CC)/C(c3ccccc3C)=c3\ccccc3=C)cc21. The molecule has 0 nitrogen and oxygen atoms in total. The standard InChI is InChI=1S/C31H31P/c1-5-32(27-21-20-26-17-9-7-6-8-14-25(4)30(26)22-27)31(28-18-12-10-15-23(28)2)29-19-13-11-16-24(29)3/h6-8,10-16,18-22H,2,4-5,9,17H2,1,3H3/b7-6-,14-8-,31-28+. The largest absolute Gasteiger partial charge is 0.0911 e. The number of aryl methyl sites for hydroxylation is 2. The van der Waals surface area contributed by atoms with E-state index in [-0.39, 0.29) is 0 Å². The van der Waals surface area contributed by atoms with Gasteiger partial charge in [0.2, 0.25) is 0 Å². The van der Waals surface area contributed by atoms with Gasteiger partial charge in [0.05, 0.1) is 0 Å². The molecule has 1 heteroatoms. The monoisotopic (exact) mass is 434 g/mol. The molecule has 0 aromatic heterocycles. The minimum atomic E-state index is -0.562. The highest BCUT2D eigenvalue weighted by molar-refractivity contribution is 7.75. The highest BCUT2D eigenvalue weighted by Crippen LogP contribution is 2.48. The van der Waals surface area contributed by atoms with Crippen molar-refractivity contribution in [2.45, 2.75) is 26.7 Å². The Morgan fingerprint density at radius 1 is 0.938 bits per heavy atom. The topological polar surface area (TPSA) is 0 Å². The highest BCUT2D eigenvalue weighted by Gasteiger charge is 2.20. The van der Waals surface area contributed by atoms with Crippen molar-refractivity contribution < 1.29 is 0 Å². The number of rotatable bonds is 4. The molecular weight excluding hydrogens is 403 g/mol. The first-order valence-electron chi connectivity index (χ1n) is 11.4. The quantitative estimate of drug-likeness (QED) is 0.413. The lowest BCUT2D eigenvalue weighted by molar-refractivity contribution is 0.999. The van der Waals surface area contributed by atoms with Gasteiger partial charge in [-0.15, -0.1) is 0 Å². The van der Waals surface area contributed by atoms with Crippen molar-refractivity contribution in [2.75, 3.05) is 6.16 Å². The molecule has 0 amide bonds. The molecule has 1 unspecified atom stereocenters. The first kappa shape index (κ1) is 22.3. The van der Waals surface area contributed by atoms with E-state index in [1.807, 2.05) is 0 Å². The minimum Gasteiger partial charge on any atom is -0.0911 e. The van der Waals surface area contributed by atoms with Gasteiger partial charge in [0.1, 0.15) is 0 Å². The van der Waals surface area contributed by atoms with Crippen molar-refractivity contribution in [3.63, 3.8) is 0 Å². The fourth-order valence-electron chi connectivity index (χ4n) is 4.42. The second-order valence-electron chi connectivity index (χ2n) is 8.26. The van der Waals surface area contributed by atoms with Crippen molar-refractivity contribution in [3.05, 3.63) is 130 Å². The van der Waals surface area contributed by atoms with Crippen LogP contribution in [0.1, 0.15) is 35.6 Å². The van der Waals surface area contributed by atoms with Crippen LogP contribution in [0, 0.1) is 6.92 Å². The maximum absolute atomic E-state index is 4.38. The van der Waals surface area contributed by atoms with Crippen LogP contribution in [0.5, 0.6) is 0 Å². The molecule has 0 radical (unpaired) electrons. The number of hydrogen-bond donors (Lipinski definition) is 0. The predicted molar refractivity (Wildman–Crippen MR) is 144 cm³/mol. The molecule has 1 aliphatic carbocycles. The van der Waals surface area contributed by atoms with Crippen LogP contribution in [0.25, 0.3) is 17.5 Å². The molecule has 160 valence electrons. The Morgan fingerprint density at radius 2 is 1.72 bits per heavy atom. The van der Waals surface area contributed by atoms with Crippen molar-refractivity contribution in [3.8, 4) is 0 Å². The van der Waals surface area contributed by atoms with Gasteiger partial charge in [-0.05, 0) is 88.8 Å². The number of allylic oxidation sites excluding steroid dienone is 5. The zero-order valence-corrected chi connectivity index (χ0v) is 20.0. The normalized spacial score (nSPS) is 17.4. The van der Waals surface area contributed by atoms with Gasteiger partial charge in [0.25, 0.3) is 0 Å². The molecular formula is C31H31P. The van der Waals surface area contributed by atoms with Crippen molar-refractivity contribution in [1.29, 1.82) is 0 Å². The van der Waals surface area contributed by atoms with Gasteiger partial charge < -0.3 is 0 Å². The summed E-state index contributed by atoms with van der Waals surface area (Å²) < 4.78 is 0. The average Bonchev–Trinajstić information content (AvgIpc) is 2.89. The van der Waals surface area contributed by atoms with Crippen LogP contribution >= 0.6 is 7.92 Å². The van der Waals surface area contributed by atoms with E-state index in [0.29, 0.717) is 0 Å². The lowest BCUT2D eigenvalue weighted by Gasteiger charge is -2.24. The van der Waals surface area contributed by atoms with E-state index in [1.54, 1.807) is 0 Å². The lowest BCUT2D eigenvalue weighted by atomic mass is 9.98. The third-order valence-corrected chi connectivity index (χ3v) is 8.69. The Kier molecular flexibility index (Phi) is 7.03. The van der Waals surface area contributed by atoms with Gasteiger partial charge in [-0.1, -0.05) is 105 Å². The summed E-state index contributed by atoms with van der Waals surface area (Å²) in [4.78, 5) is 0. The van der Waals surface area contributed by atoms with E-state index in [9.17, 15) is 0 Å². The summed E-state index contributed by atoms with van der Waals surface area (Å²) in [5.74, 6) is 0. The Hall–Kier alpha value is -2.95. The average molecular weight is 435 g/mol. The van der Waals surface area contributed by atoms with E-state index in [1.165, 1.54) is 38.1 Å². The minimum absolute atomic E-state index is 0.562. The van der Waals surface area contributed by atoms with Gasteiger partial charge in [-0.2, -0.15) is 0 Å². The molecule has 0 saturated carbocycles. The number of benzene rings is 3. The molecule has 0 N–H and O–H groups in total. The molecule has 32 heavy (non-hydrogen) atoms. The summed E-state index contributed by atoms with van der Waals surface area (Å²) >= 11 is 0. The maximum atomic E-state index is 4.38. The van der Waals surface area contributed by atoms with Crippen molar-refractivity contribution in [1.82, 2.24) is 0 Å². The number of fused-ring (bicyclic) bond motifs is 1. The van der Waals surface area contributed by atoms with Crippen molar-refractivity contribution in [2.24, 2.45) is 0 Å². The summed E-state index contributed by atoms with van der Waals surface area (Å²) in [5, 5.41) is 5.19. The summed E-state index contributed by atoms with van der Waals surface area (Å²) in [6.07, 6.45) is 11.8. The van der Waals surface area contributed by atoms with Gasteiger partial charge in [-0.25, -0.2) is 0 Å². The van der Waals surface area contributed by atoms with Gasteiger partial charge in [0, 0.05) is 0 Å². The molecule has 0 bridgehead atoms. The maximum Gasteiger partial charge on any atom is -0.00427 e. The molecule has 1 atom stereocenters. The summed E-state index contributed by atoms with van der Waals surface area (Å²) in [7, 11) is -0.562. The fourth-order valence-corrected chi connectivity index (χ4v) is 6.95. The van der Waals surface area contributed by atoms with Gasteiger partial charge in [-0.3, -0.25) is 0 Å². The van der Waals surface area contributed by atoms with E-state index < -0.39 is 7.92 Å². The van der Waals surface area contributed by atoms with Crippen LogP contribution in [0.4, 0.5) is 0 Å². The zero-order chi connectivity index (χ0) is 22.5. The van der Waals surface area contributed by atoms with Crippen molar-refractivity contribution >= 4 is 30.7 Å². The summed E-state index contributed by atoms with van der Waals surface area (Å²) in [6.45, 7) is 13.3. The molecule has 3 aromatic carbocycles. The molecule has 3 aromatic rings. The molecule has 0 saturated heterocycles. The zero-order valence-electron chi connectivity index (χ0n) is 19.1. The van der Waals surface area contributed by atoms with Gasteiger partial charge >= 0.3 is 0 Å². The summed E-state index contributed by atoms with van der Waals surface area (Å²) in [6, 6.07) is 24.4. The molecule has 0 heterocycles. The van der Waals surface area contributed by atoms with E-state index in [2.05, 4.69) is 118 Å². The molecule has 0 fully saturated rings. The first-order valence-corrected chi connectivity index (χ1v) is 12.9. The first-order chi connectivity index (χ1) is 15.6. The Bertz CT molecular complexity index is 1310. The third kappa shape index (κ3) is 4.62. The van der Waals surface area contributed by atoms with Crippen LogP contribution in [-0.4, -0.2) is 6.16 Å². The Labute approximate surface area is 193 Å². The van der Waals surface area contributed by atoms with Crippen LogP contribution in [0.3, 0.4) is 0 Å². The fraction of sp³-hybridized carbons (Fsp3) is 0.161. The van der Waals surface area contributed by atoms with E-state index >= 15 is 0 Å². The van der Waals surface area contributed by atoms with Crippen LogP contribution < -0.4 is 15.7 Å². The van der Waals surface area contributed by atoms with E-state index in [4.69, 9.17) is 0 Å². The number of hydrogen-bond acceptors (Lipinski definition) is 0. The lowest BCUT2D eigenvalue weighted by Crippen LogP contribution is -2.26. The second kappa shape index (κ2) is 10.1. The third-order valence-electron chi connectivity index (χ3n) is 6.13. The summed E-state index contributed by atoms with van der Waals surface area (Å²) in [5.41, 5.74) is 6.41. The second-order valence-corrected chi connectivity index (χ2v) is 10.7. The smallest absolute Gasteiger partial charge is 0.00427 e. The Morgan fingerprint density at radius 3 is 2.50 bits per heavy atom. The molecule has 0 aliphatic heterocycles. The van der Waals surface area contributed by atoms with E-state index in [0.717, 1.165) is 29.8 Å². The predicted octanol–water partition coefficient (Wildman–Crippen LogP) is 6.46. The van der Waals surface area contributed by atoms with Crippen LogP contribution in [0.2, 0.25) is 0 Å². The molecule has 4 rings (SSSR count). The molecule has 0 spiro atoms. The van der Waals surface area contributed by atoms with Crippen LogP contribution in [-0.2, 0) is 6.42 Å². The Balaban J connectivity index is 1.95. The molecule has 1 aliphatic rings. The van der Waals surface area contributed by atoms with Crippen LogP contribution in [0.15, 0.2) is 97.6 Å².